The number of nitrogens with zero attached hydrogens (tertiary/aromatic N) is 1. The van der Waals surface area contributed by atoms with Gasteiger partial charge in [-0.25, -0.2) is 0 Å². The molecule has 1 nitrogen and oxygen atoms in total. The average Bonchev–Trinajstić information content (AvgIpc) is 2.61. The van der Waals surface area contributed by atoms with Crippen LogP contribution in [0.4, 0.5) is 0 Å². The van der Waals surface area contributed by atoms with Crippen molar-refractivity contribution in [2.24, 2.45) is 0 Å². The molecule has 0 bridgehead atoms. The van der Waals surface area contributed by atoms with E-state index in [2.05, 4.69) is 84.2 Å². The van der Waals surface area contributed by atoms with Crippen LogP contribution in [0.15, 0.2) is 72.8 Å². The van der Waals surface area contributed by atoms with Gasteiger partial charge in [0.05, 0.1) is 0 Å². The van der Waals surface area contributed by atoms with Gasteiger partial charge < -0.3 is 0 Å². The Morgan fingerprint density at radius 3 is 2.26 bits per heavy atom. The fraction of sp³-hybridized carbons (Fsp3) is 0.0952. The van der Waals surface area contributed by atoms with Gasteiger partial charge in [-0.05, 0) is 0 Å². The first kappa shape index (κ1) is 14.5. The number of hydrogen-bond donors (Lipinski definition) is 0. The van der Waals surface area contributed by atoms with Crippen molar-refractivity contribution in [1.29, 1.82) is 0 Å². The van der Waals surface area contributed by atoms with E-state index in [0.717, 1.165) is 11.2 Å². The quantitative estimate of drug-likeness (QED) is 0.362. The number of pyridine rings is 1. The molecule has 0 unspecified atom stereocenters. The van der Waals surface area contributed by atoms with Crippen LogP contribution < -0.4 is 4.35 Å². The maximum absolute atomic E-state index is 4.88. The summed E-state index contributed by atoms with van der Waals surface area (Å²) in [6.07, 6.45) is 0. The Balaban J connectivity index is 1.84. The van der Waals surface area contributed by atoms with Crippen LogP contribution in [0.5, 0.6) is 0 Å². The summed E-state index contributed by atoms with van der Waals surface area (Å²) in [5.41, 5.74) is 8.03. The van der Waals surface area contributed by atoms with Gasteiger partial charge in [0.25, 0.3) is 0 Å². The normalized spacial score (nSPS) is 11.4. The van der Waals surface area contributed by atoms with Gasteiger partial charge in [-0.1, -0.05) is 0 Å². The fourth-order valence-electron chi connectivity index (χ4n) is 2.98. The first-order valence-corrected chi connectivity index (χ1v) is 12.5. The molecule has 1 heterocycles. The molecule has 0 aliphatic rings. The van der Waals surface area contributed by atoms with Crippen molar-refractivity contribution >= 4 is 40.7 Å². The topological polar surface area (TPSA) is 12.9 Å². The van der Waals surface area contributed by atoms with E-state index in [0.29, 0.717) is 0 Å². The van der Waals surface area contributed by atoms with E-state index in [9.17, 15) is 0 Å². The second-order valence-corrected chi connectivity index (χ2v) is 10.8. The van der Waals surface area contributed by atoms with Crippen molar-refractivity contribution in [1.82, 2.24) is 4.98 Å². The van der Waals surface area contributed by atoms with Crippen molar-refractivity contribution in [3.63, 3.8) is 0 Å². The summed E-state index contributed by atoms with van der Waals surface area (Å²) in [6, 6.07) is 26.0. The zero-order valence-corrected chi connectivity index (χ0v) is 15.2. The van der Waals surface area contributed by atoms with E-state index >= 15 is 0 Å². The van der Waals surface area contributed by atoms with Gasteiger partial charge in [0.1, 0.15) is 0 Å². The van der Waals surface area contributed by atoms with Crippen molar-refractivity contribution in [3.8, 4) is 11.3 Å². The molecule has 0 spiro atoms. The van der Waals surface area contributed by atoms with Crippen molar-refractivity contribution in [3.05, 3.63) is 72.8 Å². The molecular formula is C21H18AsN. The summed E-state index contributed by atoms with van der Waals surface area (Å²) >= 11 is -0.797. The van der Waals surface area contributed by atoms with Crippen molar-refractivity contribution in [2.45, 2.75) is 11.4 Å². The molecule has 4 aromatic rings. The molecule has 23 heavy (non-hydrogen) atoms. The molecule has 0 amide bonds. The van der Waals surface area contributed by atoms with Gasteiger partial charge in [-0.3, -0.25) is 0 Å². The average molecular weight is 359 g/mol. The van der Waals surface area contributed by atoms with Crippen molar-refractivity contribution < 1.29 is 0 Å². The SMILES string of the molecule is C[As](C)c1ccc(-c2ccc3c(ccc4ccccc43)n2)cc1. The van der Waals surface area contributed by atoms with E-state index in [1.54, 1.807) is 0 Å². The van der Waals surface area contributed by atoms with Crippen LogP contribution in [-0.4, -0.2) is 19.6 Å². The summed E-state index contributed by atoms with van der Waals surface area (Å²) in [7, 11) is 0. The van der Waals surface area contributed by atoms with E-state index in [1.165, 1.54) is 26.1 Å². The Labute approximate surface area is 141 Å². The molecule has 2 heteroatoms. The number of rotatable bonds is 2. The Hall–Kier alpha value is -2.11. The molecule has 0 saturated carbocycles. The minimum atomic E-state index is -0.797. The molecule has 4 rings (SSSR count). The van der Waals surface area contributed by atoms with Crippen LogP contribution in [0.3, 0.4) is 0 Å². The standard InChI is InChI=1S/C21H18AsN/c1-22(2)17-10-7-16(8-11-17)20-14-12-19-18-6-4-3-5-15(18)9-13-21(19)23-20/h3-14H,1-2H3. The summed E-state index contributed by atoms with van der Waals surface area (Å²) in [5, 5.41) is 3.75. The Kier molecular flexibility index (Phi) is 3.67. The molecule has 0 fully saturated rings. The molecular weight excluding hydrogens is 341 g/mol. The second-order valence-electron chi connectivity index (χ2n) is 5.99. The molecule has 0 saturated heterocycles. The molecule has 0 aliphatic carbocycles. The third-order valence-electron chi connectivity index (χ3n) is 4.28. The van der Waals surface area contributed by atoms with E-state index in [1.807, 2.05) is 0 Å². The van der Waals surface area contributed by atoms with Crippen LogP contribution in [-0.2, 0) is 0 Å². The third-order valence-corrected chi connectivity index (χ3v) is 7.07. The summed E-state index contributed by atoms with van der Waals surface area (Å²) < 4.78 is 1.51. The van der Waals surface area contributed by atoms with Gasteiger partial charge >= 0.3 is 141 Å². The third kappa shape index (κ3) is 2.66. The molecule has 0 N–H and O–H groups in total. The second kappa shape index (κ2) is 5.83. The number of benzene rings is 3. The van der Waals surface area contributed by atoms with Gasteiger partial charge in [-0.2, -0.15) is 0 Å². The van der Waals surface area contributed by atoms with Crippen LogP contribution in [0.25, 0.3) is 32.9 Å². The van der Waals surface area contributed by atoms with Crippen LogP contribution in [0.2, 0.25) is 11.4 Å². The molecule has 112 valence electrons. The zero-order valence-electron chi connectivity index (χ0n) is 13.3. The maximum atomic E-state index is 4.88. The predicted octanol–water partition coefficient (Wildman–Crippen LogP) is 5.02. The molecule has 0 atom stereocenters. The number of aromatic nitrogens is 1. The Bertz CT molecular complexity index is 987. The van der Waals surface area contributed by atoms with E-state index in [4.69, 9.17) is 4.98 Å². The molecule has 1 aromatic heterocycles. The fourth-order valence-corrected chi connectivity index (χ4v) is 4.54. The molecule has 3 aromatic carbocycles. The minimum absolute atomic E-state index is 0.797. The number of hydrogen-bond acceptors (Lipinski definition) is 1. The molecule has 0 aliphatic heterocycles. The van der Waals surface area contributed by atoms with Crippen molar-refractivity contribution in [2.75, 3.05) is 0 Å². The van der Waals surface area contributed by atoms with Gasteiger partial charge in [-0.15, -0.1) is 0 Å². The predicted molar refractivity (Wildman–Crippen MR) is 102 cm³/mol. The van der Waals surface area contributed by atoms with Crippen LogP contribution >= 0.6 is 0 Å². The first-order chi connectivity index (χ1) is 11.2. The molecule has 0 radical (unpaired) electrons. The van der Waals surface area contributed by atoms with E-state index in [-0.39, 0.29) is 0 Å². The summed E-state index contributed by atoms with van der Waals surface area (Å²) in [6.45, 7) is 0. The van der Waals surface area contributed by atoms with Gasteiger partial charge in [0.15, 0.2) is 0 Å². The first-order valence-electron chi connectivity index (χ1n) is 7.79. The number of fused-ring (bicyclic) bond motifs is 3. The summed E-state index contributed by atoms with van der Waals surface area (Å²) in [4.78, 5) is 4.88. The zero-order chi connectivity index (χ0) is 15.8. The van der Waals surface area contributed by atoms with Gasteiger partial charge in [0.2, 0.25) is 0 Å². The summed E-state index contributed by atoms with van der Waals surface area (Å²) in [5.74, 6) is 0. The Morgan fingerprint density at radius 2 is 1.48 bits per heavy atom. The monoisotopic (exact) mass is 359 g/mol. The van der Waals surface area contributed by atoms with Crippen LogP contribution in [0, 0.1) is 0 Å². The Morgan fingerprint density at radius 1 is 0.696 bits per heavy atom. The van der Waals surface area contributed by atoms with E-state index < -0.39 is 14.7 Å². The van der Waals surface area contributed by atoms with Crippen LogP contribution in [0.1, 0.15) is 0 Å². The van der Waals surface area contributed by atoms with Gasteiger partial charge in [0, 0.05) is 0 Å².